The Hall–Kier alpha value is -4.47. The van der Waals surface area contributed by atoms with E-state index in [-0.39, 0.29) is 28.5 Å². The number of carbonyl (C=O) groups excluding carboxylic acids is 3. The minimum Gasteiger partial charge on any atom is -0.467 e. The van der Waals surface area contributed by atoms with Crippen LogP contribution in [0.5, 0.6) is 0 Å². The zero-order valence-corrected chi connectivity index (χ0v) is 24.2. The molecule has 0 saturated carbocycles. The number of nitrogens with one attached hydrogen (secondary N) is 2. The van der Waals surface area contributed by atoms with Crippen LogP contribution in [0, 0.1) is 0 Å². The van der Waals surface area contributed by atoms with Gasteiger partial charge < -0.3 is 20.2 Å². The Morgan fingerprint density at radius 1 is 1.00 bits per heavy atom. The maximum atomic E-state index is 13.4. The average Bonchev–Trinajstić information content (AvgIpc) is 3.40. The van der Waals surface area contributed by atoms with Crippen LogP contribution < -0.4 is 10.6 Å². The molecule has 0 spiro atoms. The highest BCUT2D eigenvalue weighted by Gasteiger charge is 2.44. The van der Waals surface area contributed by atoms with Gasteiger partial charge in [-0.05, 0) is 42.8 Å². The number of ether oxygens (including phenoxy) is 1. The summed E-state index contributed by atoms with van der Waals surface area (Å²) in [6.07, 6.45) is 2.02. The smallest absolute Gasteiger partial charge is 0.328 e. The normalized spacial score (nSPS) is 16.7. The number of hydrogen-bond donors (Lipinski definition) is 2. The first-order chi connectivity index (χ1) is 20.2. The van der Waals surface area contributed by atoms with Gasteiger partial charge in [0.15, 0.2) is 0 Å². The number of para-hydroxylation sites is 1. The van der Waals surface area contributed by atoms with Crippen LogP contribution in [0.3, 0.4) is 0 Å². The first-order valence-corrected chi connectivity index (χ1v) is 13.8. The quantitative estimate of drug-likeness (QED) is 0.253. The fourth-order valence-electron chi connectivity index (χ4n) is 4.66. The minimum atomic E-state index is -1.34. The van der Waals surface area contributed by atoms with Crippen molar-refractivity contribution in [3.05, 3.63) is 106 Å². The van der Waals surface area contributed by atoms with Crippen LogP contribution in [0.25, 0.3) is 10.9 Å². The predicted octanol–water partition coefficient (Wildman–Crippen LogP) is 5.58. The van der Waals surface area contributed by atoms with Gasteiger partial charge in [-0.2, -0.15) is 0 Å². The molecule has 2 atom stereocenters. The number of methoxy groups -OCH3 is 1. The molecule has 1 aliphatic heterocycles. The van der Waals surface area contributed by atoms with Crippen molar-refractivity contribution < 1.29 is 24.0 Å². The van der Waals surface area contributed by atoms with E-state index in [1.54, 1.807) is 55.6 Å². The van der Waals surface area contributed by atoms with E-state index >= 15 is 0 Å². The number of nitrogens with zero attached hydrogens (tertiary/aromatic N) is 2. The maximum Gasteiger partial charge on any atom is 0.328 e. The molecule has 0 bridgehead atoms. The van der Waals surface area contributed by atoms with Gasteiger partial charge in [0.05, 0.1) is 33.9 Å². The Labute approximate surface area is 251 Å². The molecule has 1 aromatic heterocycles. The molecular formula is C31H26Cl2N4O5. The second-order valence-electron chi connectivity index (χ2n) is 9.92. The molecule has 1 unspecified atom stereocenters. The minimum absolute atomic E-state index is 0.139. The molecule has 214 valence electrons. The number of fused-ring (bicyclic) bond motifs is 1. The number of hydrogen-bond acceptors (Lipinski definition) is 7. The van der Waals surface area contributed by atoms with E-state index in [2.05, 4.69) is 20.8 Å². The highest BCUT2D eigenvalue weighted by Crippen LogP contribution is 2.30. The molecule has 0 aliphatic carbocycles. The monoisotopic (exact) mass is 604 g/mol. The van der Waals surface area contributed by atoms with Crippen LogP contribution in [0.2, 0.25) is 10.0 Å². The molecule has 3 aromatic carbocycles. The van der Waals surface area contributed by atoms with Crippen molar-refractivity contribution in [3.8, 4) is 0 Å². The van der Waals surface area contributed by atoms with Crippen molar-refractivity contribution in [3.63, 3.8) is 0 Å². The van der Waals surface area contributed by atoms with Gasteiger partial charge in [0.2, 0.25) is 5.60 Å². The lowest BCUT2D eigenvalue weighted by molar-refractivity contribution is -0.150. The molecule has 2 N–H and O–H groups in total. The summed E-state index contributed by atoms with van der Waals surface area (Å²) in [6.45, 7) is 1.62. The Morgan fingerprint density at radius 3 is 2.40 bits per heavy atom. The van der Waals surface area contributed by atoms with Crippen LogP contribution in [0.15, 0.2) is 84.1 Å². The number of anilines is 1. The first kappa shape index (κ1) is 29.0. The fourth-order valence-corrected chi connectivity index (χ4v) is 5.23. The molecule has 9 nitrogen and oxygen atoms in total. The van der Waals surface area contributed by atoms with E-state index in [4.69, 9.17) is 32.8 Å². The third kappa shape index (κ3) is 6.07. The third-order valence-electron chi connectivity index (χ3n) is 6.92. The van der Waals surface area contributed by atoms with E-state index in [1.165, 1.54) is 7.11 Å². The first-order valence-electron chi connectivity index (χ1n) is 13.0. The van der Waals surface area contributed by atoms with Crippen molar-refractivity contribution in [2.24, 2.45) is 5.16 Å². The summed E-state index contributed by atoms with van der Waals surface area (Å²) < 4.78 is 4.95. The van der Waals surface area contributed by atoms with Gasteiger partial charge in [-0.1, -0.05) is 70.8 Å². The molecule has 2 heterocycles. The second-order valence-corrected chi connectivity index (χ2v) is 10.7. The maximum absolute atomic E-state index is 13.4. The van der Waals surface area contributed by atoms with Crippen LogP contribution in [0.4, 0.5) is 5.69 Å². The molecule has 0 fully saturated rings. The predicted molar refractivity (Wildman–Crippen MR) is 161 cm³/mol. The van der Waals surface area contributed by atoms with Crippen molar-refractivity contribution in [2.45, 2.75) is 31.4 Å². The zero-order chi connectivity index (χ0) is 29.9. The van der Waals surface area contributed by atoms with Crippen LogP contribution >= 0.6 is 23.2 Å². The number of halogens is 2. The molecule has 4 aromatic rings. The number of amides is 2. The Kier molecular flexibility index (Phi) is 8.42. The largest absolute Gasteiger partial charge is 0.467 e. The fraction of sp³-hybridized carbons (Fsp3) is 0.194. The van der Waals surface area contributed by atoms with Gasteiger partial charge in [-0.25, -0.2) is 4.79 Å². The summed E-state index contributed by atoms with van der Waals surface area (Å²) in [4.78, 5) is 48.8. The number of rotatable bonds is 8. The number of benzene rings is 3. The van der Waals surface area contributed by atoms with Gasteiger partial charge in [-0.3, -0.25) is 14.6 Å². The topological polar surface area (TPSA) is 119 Å². The Bertz CT molecular complexity index is 1680. The van der Waals surface area contributed by atoms with E-state index in [1.807, 2.05) is 30.3 Å². The average molecular weight is 605 g/mol. The molecule has 42 heavy (non-hydrogen) atoms. The van der Waals surface area contributed by atoms with Crippen molar-refractivity contribution in [1.82, 2.24) is 10.3 Å². The standard InChI is InChI=1S/C31H26Cl2N4O5/c1-31(17-25(37-42-31)21-8-3-6-19-7-5-15-34-27(19)21)30(40)36-24(29(39)41-2)16-18-11-13-20(14-12-18)35-28(38)26-22(32)9-4-10-23(26)33/h3-15,24H,16-17H2,1-2H3,(H,35,38)(H,36,40)/t24-,31?/m0/s1. The van der Waals surface area contributed by atoms with Crippen LogP contribution in [0.1, 0.15) is 34.8 Å². The van der Waals surface area contributed by atoms with Gasteiger partial charge >= 0.3 is 5.97 Å². The molecule has 2 amide bonds. The highest BCUT2D eigenvalue weighted by atomic mass is 35.5. The van der Waals surface area contributed by atoms with Gasteiger partial charge in [-0.15, -0.1) is 0 Å². The Morgan fingerprint density at radius 2 is 1.69 bits per heavy atom. The summed E-state index contributed by atoms with van der Waals surface area (Å²) >= 11 is 12.3. The van der Waals surface area contributed by atoms with Crippen molar-refractivity contribution >= 4 is 63.3 Å². The van der Waals surface area contributed by atoms with E-state index < -0.39 is 29.4 Å². The van der Waals surface area contributed by atoms with Gasteiger partial charge in [0.25, 0.3) is 11.8 Å². The van der Waals surface area contributed by atoms with Crippen LogP contribution in [-0.4, -0.2) is 47.2 Å². The third-order valence-corrected chi connectivity index (χ3v) is 7.55. The summed E-state index contributed by atoms with van der Waals surface area (Å²) in [5, 5.41) is 11.1. The highest BCUT2D eigenvalue weighted by molar-refractivity contribution is 6.40. The molecule has 0 saturated heterocycles. The summed E-state index contributed by atoms with van der Waals surface area (Å²) in [5.74, 6) is -1.58. The summed E-state index contributed by atoms with van der Waals surface area (Å²) in [7, 11) is 1.25. The summed E-state index contributed by atoms with van der Waals surface area (Å²) in [5.41, 5.74) is 2.17. The van der Waals surface area contributed by atoms with Gasteiger partial charge in [0.1, 0.15) is 6.04 Å². The molecule has 11 heteroatoms. The van der Waals surface area contributed by atoms with E-state index in [0.717, 1.165) is 22.0 Å². The van der Waals surface area contributed by atoms with E-state index in [0.29, 0.717) is 11.4 Å². The Balaban J connectivity index is 1.25. The van der Waals surface area contributed by atoms with Crippen LogP contribution in [-0.2, 0) is 25.6 Å². The summed E-state index contributed by atoms with van der Waals surface area (Å²) in [6, 6.07) is 20.2. The number of aromatic nitrogens is 1. The van der Waals surface area contributed by atoms with E-state index in [9.17, 15) is 14.4 Å². The molecular weight excluding hydrogens is 579 g/mol. The SMILES string of the molecule is COC(=O)[C@H](Cc1ccc(NC(=O)c2c(Cl)cccc2Cl)cc1)NC(=O)C1(C)CC(c2cccc3cccnc23)=NO1. The molecule has 0 radical (unpaired) electrons. The van der Waals surface area contributed by atoms with Crippen molar-refractivity contribution in [1.29, 1.82) is 0 Å². The molecule has 5 rings (SSSR count). The number of carbonyl (C=O) groups is 3. The number of esters is 1. The number of pyridine rings is 1. The second kappa shape index (κ2) is 12.2. The lowest BCUT2D eigenvalue weighted by Crippen LogP contribution is -2.52. The lowest BCUT2D eigenvalue weighted by atomic mass is 9.93. The lowest BCUT2D eigenvalue weighted by Gasteiger charge is -2.24. The molecule has 1 aliphatic rings. The number of oxime groups is 1. The zero-order valence-electron chi connectivity index (χ0n) is 22.7. The van der Waals surface area contributed by atoms with Gasteiger partial charge in [0, 0.05) is 35.7 Å². The van der Waals surface area contributed by atoms with Crippen molar-refractivity contribution in [2.75, 3.05) is 12.4 Å².